The van der Waals surface area contributed by atoms with Crippen LogP contribution in [0.15, 0.2) is 96.4 Å². The minimum Gasteiger partial charge on any atom is -0.456 e. The average molecular weight is 753 g/mol. The van der Waals surface area contributed by atoms with Crippen LogP contribution in [-0.4, -0.2) is 78.1 Å². The smallest absolute Gasteiger partial charge is 0.338 e. The molecule has 1 saturated heterocycles. The number of carbonyl (C=O) groups excluding carboxylic acids is 4. The largest absolute Gasteiger partial charge is 0.456 e. The van der Waals surface area contributed by atoms with Gasteiger partial charge in [-0.2, -0.15) is 0 Å². The maximum absolute atomic E-state index is 13.8. The second kappa shape index (κ2) is 15.4. The Bertz CT molecular complexity index is 1950. The lowest BCUT2D eigenvalue weighted by atomic mass is 9.57. The fourth-order valence-corrected chi connectivity index (χ4v) is 9.34. The van der Waals surface area contributed by atoms with Crippen LogP contribution in [-0.2, 0) is 39.8 Å². The number of allylic oxidation sites excluding steroid dienone is 3. The van der Waals surface area contributed by atoms with Gasteiger partial charge in [0.15, 0.2) is 30.8 Å². The zero-order valence-corrected chi connectivity index (χ0v) is 32.1. The molecule has 55 heavy (non-hydrogen) atoms. The number of rotatable bonds is 9. The Balaban J connectivity index is 1.12. The summed E-state index contributed by atoms with van der Waals surface area (Å²) in [7, 11) is 1.46. The summed E-state index contributed by atoms with van der Waals surface area (Å²) in [6, 6.07) is 10.6. The summed E-state index contributed by atoms with van der Waals surface area (Å²) in [5, 5.41) is 12.0. The van der Waals surface area contributed by atoms with Gasteiger partial charge in [-0.05, 0) is 51.3 Å². The Morgan fingerprint density at radius 1 is 1.04 bits per heavy atom. The van der Waals surface area contributed by atoms with Gasteiger partial charge in [0.25, 0.3) is 0 Å². The first kappa shape index (κ1) is 38.6. The monoisotopic (exact) mass is 752 g/mol. The van der Waals surface area contributed by atoms with Crippen molar-refractivity contribution in [3.8, 4) is 0 Å². The molecule has 290 valence electrons. The van der Waals surface area contributed by atoms with E-state index in [1.165, 1.54) is 14.0 Å². The lowest BCUT2D eigenvalue weighted by Gasteiger charge is -2.49. The maximum Gasteiger partial charge on any atom is 0.338 e. The molecule has 11 heteroatoms. The summed E-state index contributed by atoms with van der Waals surface area (Å²) in [5.74, 6) is -3.34. The maximum atomic E-state index is 13.8. The number of methoxy groups -OCH3 is 1. The van der Waals surface area contributed by atoms with Crippen molar-refractivity contribution < 1.29 is 52.5 Å². The highest BCUT2D eigenvalue weighted by atomic mass is 16.6. The quantitative estimate of drug-likeness (QED) is 0.122. The highest BCUT2D eigenvalue weighted by molar-refractivity contribution is 5.93. The zero-order valence-electron chi connectivity index (χ0n) is 32.1. The minimum absolute atomic E-state index is 0.00111. The molecule has 4 bridgehead atoms. The second-order valence-electron chi connectivity index (χ2n) is 15.7. The third-order valence-corrected chi connectivity index (χ3v) is 12.3. The number of benzene rings is 1. The van der Waals surface area contributed by atoms with Crippen molar-refractivity contribution in [2.24, 2.45) is 29.6 Å². The molecule has 3 heterocycles. The fraction of sp³-hybridized carbons (Fsp3) is 0.477. The molecule has 5 aliphatic rings. The number of aromatic nitrogens is 1. The number of hydrogen-bond acceptors (Lipinski definition) is 10. The molecule has 0 radical (unpaired) electrons. The molecule has 1 N–H and O–H groups in total. The van der Waals surface area contributed by atoms with Crippen molar-refractivity contribution in [2.75, 3.05) is 7.11 Å². The fourth-order valence-electron chi connectivity index (χ4n) is 9.34. The number of cyclic esters (lactones) is 1. The number of ether oxygens (including phenoxy) is 5. The normalized spacial score (nSPS) is 35.1. The molecule has 0 amide bonds. The van der Waals surface area contributed by atoms with E-state index >= 15 is 0 Å². The number of esters is 3. The Kier molecular flexibility index (Phi) is 10.8. The van der Waals surface area contributed by atoms with E-state index in [9.17, 15) is 24.3 Å². The van der Waals surface area contributed by atoms with Crippen LogP contribution in [0.5, 0.6) is 0 Å². The van der Waals surface area contributed by atoms with E-state index in [1.807, 2.05) is 80.2 Å². The van der Waals surface area contributed by atoms with Gasteiger partial charge in [-0.1, -0.05) is 62.4 Å². The molecule has 1 spiro atoms. The van der Waals surface area contributed by atoms with Crippen molar-refractivity contribution in [2.45, 2.75) is 96.2 Å². The lowest BCUT2D eigenvalue weighted by molar-refractivity contribution is -0.688. The topological polar surface area (TPSA) is 139 Å². The van der Waals surface area contributed by atoms with E-state index in [0.29, 0.717) is 29.7 Å². The molecule has 3 aliphatic carbocycles. The Morgan fingerprint density at radius 2 is 1.76 bits per heavy atom. The molecule has 1 aromatic carbocycles. The standard InChI is InChI=1S/C44H50NO10/c1-24-21-25(2)44-33(15-16-34-36(44)37(47)26(3)39(40(34)55-44)54-42(49)31-9-7-8-10-31)22-35(51-6)43(50)53-38(24)28(5)52-41(48)32-13-11-29(12-14-32)23-45-19-17-30(18-20-45)27(4)46/h7-9,11-21,24,26,28,33-40,47H,10,22-23H2,1-6H3/q+1/b25-21+/t24-,26-,28-,33?,34-,35+,36+,37-,38+,39-,40-,44+/m1/s1. The molecule has 2 aromatic rings. The second-order valence-corrected chi connectivity index (χ2v) is 15.7. The van der Waals surface area contributed by atoms with Gasteiger partial charge in [0.2, 0.25) is 0 Å². The predicted molar refractivity (Wildman–Crippen MR) is 199 cm³/mol. The first-order chi connectivity index (χ1) is 26.3. The Labute approximate surface area is 321 Å². The zero-order chi connectivity index (χ0) is 39.2. The van der Waals surface area contributed by atoms with Gasteiger partial charge in [-0.15, -0.1) is 0 Å². The summed E-state index contributed by atoms with van der Waals surface area (Å²) < 4.78 is 33.0. The molecule has 1 saturated carbocycles. The first-order valence-electron chi connectivity index (χ1n) is 19.1. The molecular formula is C44H50NO10+. The molecule has 2 aliphatic heterocycles. The highest BCUT2D eigenvalue weighted by Crippen LogP contribution is 2.61. The molecule has 11 nitrogen and oxygen atoms in total. The van der Waals surface area contributed by atoms with Crippen LogP contribution in [0.3, 0.4) is 0 Å². The summed E-state index contributed by atoms with van der Waals surface area (Å²) >= 11 is 0. The van der Waals surface area contributed by atoms with Crippen LogP contribution in [0.1, 0.15) is 73.7 Å². The highest BCUT2D eigenvalue weighted by Gasteiger charge is 2.69. The van der Waals surface area contributed by atoms with E-state index < -0.39 is 72.0 Å². The third-order valence-electron chi connectivity index (χ3n) is 12.3. The van der Waals surface area contributed by atoms with Gasteiger partial charge in [-0.25, -0.2) is 19.0 Å². The Morgan fingerprint density at radius 3 is 2.42 bits per heavy atom. The van der Waals surface area contributed by atoms with Gasteiger partial charge in [0.05, 0.1) is 11.7 Å². The van der Waals surface area contributed by atoms with Crippen LogP contribution in [0.2, 0.25) is 0 Å². The van der Waals surface area contributed by atoms with E-state index in [2.05, 4.69) is 0 Å². The number of nitrogens with zero attached hydrogens (tertiary/aromatic N) is 1. The minimum atomic E-state index is -1.02. The van der Waals surface area contributed by atoms with Gasteiger partial charge in [-0.3, -0.25) is 4.79 Å². The van der Waals surface area contributed by atoms with Gasteiger partial charge in [0, 0.05) is 65.5 Å². The van der Waals surface area contributed by atoms with E-state index in [4.69, 9.17) is 23.7 Å². The van der Waals surface area contributed by atoms with Crippen molar-refractivity contribution in [1.29, 1.82) is 0 Å². The SMILES string of the molecule is CO[C@H]1CC2C=C[C@H]3[C@H]4O[C@]2(/C(C)=C/[C@@H](C)[C@@H]([C@@H](C)OC(=O)c2ccc(C[n+]5ccc(C(C)=O)cc5)cc2)OC1=O)[C@@H]3[C@H](O)[C@@H](C)[C@H]4OC(=O)C1=CC=CC1. The third kappa shape index (κ3) is 7.14. The van der Waals surface area contributed by atoms with Crippen molar-refractivity contribution >= 4 is 23.7 Å². The molecule has 1 unspecified atom stereocenters. The number of pyridine rings is 1. The summed E-state index contributed by atoms with van der Waals surface area (Å²) in [4.78, 5) is 52.1. The van der Waals surface area contributed by atoms with Crippen LogP contribution in [0.4, 0.5) is 0 Å². The van der Waals surface area contributed by atoms with E-state index in [0.717, 1.165) is 11.1 Å². The number of hydrogen-bond donors (Lipinski definition) is 1. The summed E-state index contributed by atoms with van der Waals surface area (Å²) in [6.45, 7) is 9.56. The Hall–Kier alpha value is -4.71. The summed E-state index contributed by atoms with van der Waals surface area (Å²) in [5.41, 5.74) is 2.34. The van der Waals surface area contributed by atoms with Gasteiger partial charge in [0.1, 0.15) is 30.0 Å². The van der Waals surface area contributed by atoms with Crippen LogP contribution >= 0.6 is 0 Å². The van der Waals surface area contributed by atoms with Gasteiger partial charge < -0.3 is 28.8 Å². The van der Waals surface area contributed by atoms with Crippen LogP contribution < -0.4 is 4.57 Å². The number of aliphatic hydroxyl groups is 1. The first-order valence-corrected chi connectivity index (χ1v) is 19.1. The van der Waals surface area contributed by atoms with Gasteiger partial charge >= 0.3 is 17.9 Å². The lowest BCUT2D eigenvalue weighted by Crippen LogP contribution is -2.57. The molecule has 12 atom stereocenters. The van der Waals surface area contributed by atoms with Crippen LogP contribution in [0.25, 0.3) is 0 Å². The summed E-state index contributed by atoms with van der Waals surface area (Å²) in [6.07, 6.45) is 11.2. The number of Topliss-reactive ketones (excluding diaryl/α,β-unsaturated/α-hetero) is 1. The average Bonchev–Trinajstić information content (AvgIpc) is 3.78. The van der Waals surface area contributed by atoms with Crippen LogP contribution in [0, 0.1) is 29.6 Å². The predicted octanol–water partition coefficient (Wildman–Crippen LogP) is 5.05. The molecule has 1 aromatic heterocycles. The molecule has 7 rings (SSSR count). The van der Waals surface area contributed by atoms with E-state index in [1.54, 1.807) is 37.3 Å². The number of aliphatic hydroxyl groups excluding tert-OH is 1. The van der Waals surface area contributed by atoms with Crippen molar-refractivity contribution in [3.05, 3.63) is 113 Å². The van der Waals surface area contributed by atoms with E-state index in [-0.39, 0.29) is 30.0 Å². The molecular weight excluding hydrogens is 702 g/mol. The van der Waals surface area contributed by atoms with Crippen molar-refractivity contribution in [1.82, 2.24) is 0 Å². The number of ketones is 1. The van der Waals surface area contributed by atoms with Crippen molar-refractivity contribution in [3.63, 3.8) is 0 Å². The molecule has 2 fully saturated rings. The number of carbonyl (C=O) groups is 4.